The SMILES string of the molecule is Cc1nc(CC(C(=O)O)c2cccc(Cl)c2)sc1C. The molecule has 0 saturated carbocycles. The Labute approximate surface area is 120 Å². The summed E-state index contributed by atoms with van der Waals surface area (Å²) in [6, 6.07) is 7.00. The average Bonchev–Trinajstić information content (AvgIpc) is 2.65. The maximum atomic E-state index is 11.4. The van der Waals surface area contributed by atoms with Gasteiger partial charge in [-0.15, -0.1) is 11.3 Å². The molecule has 0 saturated heterocycles. The molecule has 0 amide bonds. The smallest absolute Gasteiger partial charge is 0.311 e. The molecule has 0 bridgehead atoms. The molecule has 1 heterocycles. The average molecular weight is 296 g/mol. The number of aliphatic carboxylic acids is 1. The number of thiazole rings is 1. The van der Waals surface area contributed by atoms with Crippen molar-refractivity contribution in [3.63, 3.8) is 0 Å². The molecule has 1 aromatic carbocycles. The van der Waals surface area contributed by atoms with Crippen LogP contribution < -0.4 is 0 Å². The summed E-state index contributed by atoms with van der Waals surface area (Å²) in [5, 5.41) is 10.8. The molecule has 2 rings (SSSR count). The highest BCUT2D eigenvalue weighted by Gasteiger charge is 2.22. The number of rotatable bonds is 4. The molecule has 0 fully saturated rings. The summed E-state index contributed by atoms with van der Waals surface area (Å²) in [7, 11) is 0. The van der Waals surface area contributed by atoms with Crippen LogP contribution in [0.25, 0.3) is 0 Å². The summed E-state index contributed by atoms with van der Waals surface area (Å²) in [6.45, 7) is 3.93. The Morgan fingerprint density at radius 3 is 2.74 bits per heavy atom. The van der Waals surface area contributed by atoms with Crippen LogP contribution in [0.5, 0.6) is 0 Å². The third-order valence-electron chi connectivity index (χ3n) is 3.00. The largest absolute Gasteiger partial charge is 0.481 e. The van der Waals surface area contributed by atoms with Crippen LogP contribution in [0, 0.1) is 13.8 Å². The number of nitrogens with zero attached hydrogens (tertiary/aromatic N) is 1. The zero-order chi connectivity index (χ0) is 14.0. The summed E-state index contributed by atoms with van der Waals surface area (Å²) < 4.78 is 0. The summed E-state index contributed by atoms with van der Waals surface area (Å²) in [5.41, 5.74) is 1.68. The highest BCUT2D eigenvalue weighted by atomic mass is 35.5. The van der Waals surface area contributed by atoms with Gasteiger partial charge in [0.25, 0.3) is 0 Å². The second-order valence-electron chi connectivity index (χ2n) is 4.40. The van der Waals surface area contributed by atoms with Crippen molar-refractivity contribution >= 4 is 28.9 Å². The fourth-order valence-electron chi connectivity index (χ4n) is 1.87. The Kier molecular flexibility index (Phi) is 4.22. The molecule has 100 valence electrons. The summed E-state index contributed by atoms with van der Waals surface area (Å²) in [5.74, 6) is -1.46. The molecule has 2 aromatic rings. The lowest BCUT2D eigenvalue weighted by Crippen LogP contribution is -2.14. The molecule has 1 aromatic heterocycles. The van der Waals surface area contributed by atoms with Crippen LogP contribution in [0.1, 0.15) is 27.1 Å². The van der Waals surface area contributed by atoms with E-state index >= 15 is 0 Å². The highest BCUT2D eigenvalue weighted by molar-refractivity contribution is 7.11. The fourth-order valence-corrected chi connectivity index (χ4v) is 3.05. The molecule has 0 aliphatic carbocycles. The Balaban J connectivity index is 2.29. The zero-order valence-corrected chi connectivity index (χ0v) is 12.3. The highest BCUT2D eigenvalue weighted by Crippen LogP contribution is 2.27. The Hall–Kier alpha value is -1.39. The molecule has 5 heteroatoms. The van der Waals surface area contributed by atoms with E-state index in [9.17, 15) is 9.90 Å². The monoisotopic (exact) mass is 295 g/mol. The van der Waals surface area contributed by atoms with Crippen LogP contribution in [0.4, 0.5) is 0 Å². The van der Waals surface area contributed by atoms with Gasteiger partial charge in [0.2, 0.25) is 0 Å². The van der Waals surface area contributed by atoms with Gasteiger partial charge in [-0.1, -0.05) is 23.7 Å². The van der Waals surface area contributed by atoms with Crippen LogP contribution >= 0.6 is 22.9 Å². The van der Waals surface area contributed by atoms with E-state index in [0.29, 0.717) is 17.0 Å². The van der Waals surface area contributed by atoms with E-state index in [1.54, 1.807) is 35.6 Å². The van der Waals surface area contributed by atoms with E-state index in [1.807, 2.05) is 13.8 Å². The van der Waals surface area contributed by atoms with E-state index in [-0.39, 0.29) is 0 Å². The minimum atomic E-state index is -0.854. The number of hydrogen-bond acceptors (Lipinski definition) is 3. The first-order valence-corrected chi connectivity index (χ1v) is 7.08. The number of halogens is 1. The summed E-state index contributed by atoms with van der Waals surface area (Å²) >= 11 is 7.47. The van der Waals surface area contributed by atoms with Crippen molar-refractivity contribution in [3.8, 4) is 0 Å². The molecule has 0 radical (unpaired) electrons. The second kappa shape index (κ2) is 5.72. The van der Waals surface area contributed by atoms with Gasteiger partial charge in [-0.2, -0.15) is 0 Å². The molecular weight excluding hydrogens is 282 g/mol. The minimum absolute atomic E-state index is 0.398. The number of aromatic nitrogens is 1. The van der Waals surface area contributed by atoms with Crippen molar-refractivity contribution in [2.45, 2.75) is 26.2 Å². The van der Waals surface area contributed by atoms with Gasteiger partial charge in [0.15, 0.2) is 0 Å². The van der Waals surface area contributed by atoms with Gasteiger partial charge < -0.3 is 5.11 Å². The van der Waals surface area contributed by atoms with Gasteiger partial charge in [-0.05, 0) is 31.5 Å². The van der Waals surface area contributed by atoms with E-state index in [1.165, 1.54) is 0 Å². The number of hydrogen-bond donors (Lipinski definition) is 1. The number of aryl methyl sites for hydroxylation is 2. The first kappa shape index (κ1) is 14.0. The predicted octanol–water partition coefficient (Wildman–Crippen LogP) is 3.82. The van der Waals surface area contributed by atoms with Crippen molar-refractivity contribution in [2.75, 3.05) is 0 Å². The Morgan fingerprint density at radius 2 is 2.21 bits per heavy atom. The normalized spacial score (nSPS) is 12.4. The van der Waals surface area contributed by atoms with Crippen molar-refractivity contribution < 1.29 is 9.90 Å². The van der Waals surface area contributed by atoms with Gasteiger partial charge in [0, 0.05) is 16.3 Å². The maximum absolute atomic E-state index is 11.4. The molecule has 1 atom stereocenters. The van der Waals surface area contributed by atoms with Gasteiger partial charge in [-0.3, -0.25) is 4.79 Å². The number of carbonyl (C=O) groups is 1. The Bertz CT molecular complexity index is 590. The quantitative estimate of drug-likeness (QED) is 0.933. The lowest BCUT2D eigenvalue weighted by atomic mass is 9.96. The Morgan fingerprint density at radius 1 is 1.47 bits per heavy atom. The lowest BCUT2D eigenvalue weighted by Gasteiger charge is -2.11. The van der Waals surface area contributed by atoms with Crippen LogP contribution in [0.15, 0.2) is 24.3 Å². The van der Waals surface area contributed by atoms with Crippen LogP contribution in [-0.4, -0.2) is 16.1 Å². The standard InChI is InChI=1S/C14H14ClNO2S/c1-8-9(2)19-13(16-8)7-12(14(17)18)10-4-3-5-11(15)6-10/h3-6,12H,7H2,1-2H3,(H,17,18). The maximum Gasteiger partial charge on any atom is 0.311 e. The van der Waals surface area contributed by atoms with Gasteiger partial charge >= 0.3 is 5.97 Å². The third kappa shape index (κ3) is 3.33. The number of carboxylic acids is 1. The van der Waals surface area contributed by atoms with Crippen molar-refractivity contribution in [3.05, 3.63) is 50.4 Å². The van der Waals surface area contributed by atoms with Gasteiger partial charge in [0.05, 0.1) is 16.6 Å². The van der Waals surface area contributed by atoms with Crippen LogP contribution in [0.3, 0.4) is 0 Å². The van der Waals surface area contributed by atoms with E-state index < -0.39 is 11.9 Å². The third-order valence-corrected chi connectivity index (χ3v) is 4.33. The van der Waals surface area contributed by atoms with Gasteiger partial charge in [-0.25, -0.2) is 4.98 Å². The molecule has 3 nitrogen and oxygen atoms in total. The minimum Gasteiger partial charge on any atom is -0.481 e. The number of benzene rings is 1. The fraction of sp³-hybridized carbons (Fsp3) is 0.286. The van der Waals surface area contributed by atoms with Crippen LogP contribution in [-0.2, 0) is 11.2 Å². The van der Waals surface area contributed by atoms with Crippen LogP contribution in [0.2, 0.25) is 5.02 Å². The molecule has 1 unspecified atom stereocenters. The van der Waals surface area contributed by atoms with Crippen molar-refractivity contribution in [1.29, 1.82) is 0 Å². The van der Waals surface area contributed by atoms with Crippen molar-refractivity contribution in [1.82, 2.24) is 4.98 Å². The molecule has 0 spiro atoms. The molecule has 19 heavy (non-hydrogen) atoms. The molecular formula is C14H14ClNO2S. The zero-order valence-electron chi connectivity index (χ0n) is 10.7. The summed E-state index contributed by atoms with van der Waals surface area (Å²) in [6.07, 6.45) is 0.398. The van der Waals surface area contributed by atoms with Gasteiger partial charge in [0.1, 0.15) is 0 Å². The topological polar surface area (TPSA) is 50.2 Å². The number of carboxylic acid groups (broad SMARTS) is 1. The predicted molar refractivity (Wildman–Crippen MR) is 77.1 cm³/mol. The molecule has 1 N–H and O–H groups in total. The molecule has 0 aliphatic heterocycles. The summed E-state index contributed by atoms with van der Waals surface area (Å²) in [4.78, 5) is 17.0. The first-order valence-electron chi connectivity index (χ1n) is 5.88. The van der Waals surface area contributed by atoms with E-state index in [4.69, 9.17) is 11.6 Å². The second-order valence-corrected chi connectivity index (χ2v) is 6.12. The first-order chi connectivity index (χ1) is 8.97. The lowest BCUT2D eigenvalue weighted by molar-refractivity contribution is -0.138. The van der Waals surface area contributed by atoms with E-state index in [2.05, 4.69) is 4.98 Å². The van der Waals surface area contributed by atoms with E-state index in [0.717, 1.165) is 15.6 Å². The molecule has 0 aliphatic rings. The van der Waals surface area contributed by atoms with Crippen molar-refractivity contribution in [2.24, 2.45) is 0 Å².